The molecule has 166 valence electrons. The third-order valence-corrected chi connectivity index (χ3v) is 1.38. The van der Waals surface area contributed by atoms with Crippen LogP contribution in [0.1, 0.15) is 76.1 Å². The number of carbonyl (C=O) groups is 2. The predicted octanol–water partition coefficient (Wildman–Crippen LogP) is 0.101. The van der Waals surface area contributed by atoms with Gasteiger partial charge in [-0.05, 0) is 24.3 Å². The van der Waals surface area contributed by atoms with Gasteiger partial charge in [-0.25, -0.2) is 9.59 Å². The standard InChI is InChI=1S/C8H6O4.4C3H7O.Ti/c9-7(10)5-1-2-6(4-3-5)8(11)12;4*1-3(2)4;/h1-4H,(H,9,10)(H,11,12);4*3H,1-2H3;/q;4*-1;+4. The van der Waals surface area contributed by atoms with Crippen LogP contribution in [0.4, 0.5) is 0 Å². The molecule has 0 heterocycles. The van der Waals surface area contributed by atoms with Crippen molar-refractivity contribution in [1.82, 2.24) is 0 Å². The van der Waals surface area contributed by atoms with E-state index in [9.17, 15) is 30.0 Å². The molecule has 0 spiro atoms. The summed E-state index contributed by atoms with van der Waals surface area (Å²) in [7, 11) is 0. The molecule has 2 N–H and O–H groups in total. The van der Waals surface area contributed by atoms with Crippen LogP contribution < -0.4 is 20.4 Å². The summed E-state index contributed by atoms with van der Waals surface area (Å²) in [6.07, 6.45) is -1.67. The Kier molecular flexibility index (Phi) is 32.7. The summed E-state index contributed by atoms with van der Waals surface area (Å²) in [6.45, 7) is 12.9. The summed E-state index contributed by atoms with van der Waals surface area (Å²) in [5.41, 5.74) is 0.167. The average molecular weight is 450 g/mol. The first-order valence-corrected chi connectivity index (χ1v) is 8.74. The number of rotatable bonds is 2. The zero-order valence-electron chi connectivity index (χ0n) is 18.5. The molecule has 0 unspecified atom stereocenters. The van der Waals surface area contributed by atoms with Crippen molar-refractivity contribution in [3.63, 3.8) is 0 Å². The van der Waals surface area contributed by atoms with Gasteiger partial charge < -0.3 is 30.6 Å². The molecule has 0 radical (unpaired) electrons. The summed E-state index contributed by atoms with van der Waals surface area (Å²) < 4.78 is 0. The second-order valence-corrected chi connectivity index (χ2v) is 6.38. The summed E-state index contributed by atoms with van der Waals surface area (Å²) in [4.78, 5) is 20.7. The van der Waals surface area contributed by atoms with E-state index in [4.69, 9.17) is 10.2 Å². The molecular formula is C20H34O8Ti. The van der Waals surface area contributed by atoms with Crippen molar-refractivity contribution in [2.75, 3.05) is 0 Å². The first-order chi connectivity index (χ1) is 12.5. The number of aromatic carboxylic acids is 2. The van der Waals surface area contributed by atoms with Crippen molar-refractivity contribution in [1.29, 1.82) is 0 Å². The molecule has 0 aromatic heterocycles. The molecule has 8 nitrogen and oxygen atoms in total. The molecule has 9 heteroatoms. The van der Waals surface area contributed by atoms with E-state index in [1.54, 1.807) is 55.4 Å². The fourth-order valence-corrected chi connectivity index (χ4v) is 0.755. The minimum atomic E-state index is -1.06. The molecule has 0 atom stereocenters. The van der Waals surface area contributed by atoms with Crippen LogP contribution in [0.3, 0.4) is 0 Å². The van der Waals surface area contributed by atoms with E-state index in [0.29, 0.717) is 0 Å². The molecule has 1 aromatic rings. The van der Waals surface area contributed by atoms with Gasteiger partial charge in [-0.3, -0.25) is 0 Å². The van der Waals surface area contributed by atoms with Crippen LogP contribution in [0.15, 0.2) is 24.3 Å². The van der Waals surface area contributed by atoms with Crippen molar-refractivity contribution in [2.45, 2.75) is 79.8 Å². The number of carboxylic acids is 2. The van der Waals surface area contributed by atoms with Crippen LogP contribution in [0.2, 0.25) is 0 Å². The quantitative estimate of drug-likeness (QED) is 0.598. The Labute approximate surface area is 189 Å². The fraction of sp³-hybridized carbons (Fsp3) is 0.600. The maximum Gasteiger partial charge on any atom is 4.00 e. The molecule has 0 saturated heterocycles. The van der Waals surface area contributed by atoms with E-state index >= 15 is 0 Å². The van der Waals surface area contributed by atoms with Gasteiger partial charge >= 0.3 is 33.7 Å². The molecule has 1 aromatic carbocycles. The number of benzene rings is 1. The Balaban J connectivity index is -0.0000000949. The average Bonchev–Trinajstić information content (AvgIpc) is 2.44. The van der Waals surface area contributed by atoms with Crippen molar-refractivity contribution < 1.29 is 61.9 Å². The first kappa shape index (κ1) is 38.3. The van der Waals surface area contributed by atoms with Gasteiger partial charge in [0.1, 0.15) is 0 Å². The second kappa shape index (κ2) is 24.8. The molecule has 0 aliphatic carbocycles. The third-order valence-electron chi connectivity index (χ3n) is 1.38. The van der Waals surface area contributed by atoms with E-state index in [-0.39, 0.29) is 32.8 Å². The number of carboxylic acid groups (broad SMARTS) is 2. The predicted molar refractivity (Wildman–Crippen MR) is 101 cm³/mol. The van der Waals surface area contributed by atoms with Crippen LogP contribution in [0.5, 0.6) is 0 Å². The van der Waals surface area contributed by atoms with Gasteiger partial charge in [-0.2, -0.15) is 0 Å². The van der Waals surface area contributed by atoms with Crippen LogP contribution in [-0.4, -0.2) is 46.6 Å². The Morgan fingerprint density at radius 3 is 0.759 bits per heavy atom. The van der Waals surface area contributed by atoms with Crippen molar-refractivity contribution >= 4 is 11.9 Å². The van der Waals surface area contributed by atoms with Crippen LogP contribution in [-0.2, 0) is 21.7 Å². The smallest absolute Gasteiger partial charge is 0.852 e. The first-order valence-electron chi connectivity index (χ1n) is 8.74. The molecule has 0 bridgehead atoms. The van der Waals surface area contributed by atoms with E-state index in [1.807, 2.05) is 0 Å². The summed E-state index contributed by atoms with van der Waals surface area (Å²) in [5, 5.41) is 55.0. The van der Waals surface area contributed by atoms with Gasteiger partial charge in [0.15, 0.2) is 0 Å². The van der Waals surface area contributed by atoms with Gasteiger partial charge in [0.25, 0.3) is 0 Å². The van der Waals surface area contributed by atoms with E-state index < -0.39 is 36.4 Å². The number of hydrogen-bond donors (Lipinski definition) is 2. The monoisotopic (exact) mass is 450 g/mol. The maximum atomic E-state index is 10.3. The molecule has 29 heavy (non-hydrogen) atoms. The number of hydrogen-bond acceptors (Lipinski definition) is 6. The maximum absolute atomic E-state index is 10.3. The van der Waals surface area contributed by atoms with Crippen LogP contribution >= 0.6 is 0 Å². The molecule has 0 amide bonds. The van der Waals surface area contributed by atoms with E-state index in [1.165, 1.54) is 24.3 Å². The largest absolute Gasteiger partial charge is 4.00 e. The van der Waals surface area contributed by atoms with Gasteiger partial charge in [0.05, 0.1) is 11.1 Å². The summed E-state index contributed by atoms with van der Waals surface area (Å²) >= 11 is 0. The molecular weight excluding hydrogens is 416 g/mol. The molecule has 0 saturated carbocycles. The Morgan fingerprint density at radius 2 is 0.690 bits per heavy atom. The minimum absolute atomic E-state index is 0. The fourth-order valence-electron chi connectivity index (χ4n) is 0.755. The van der Waals surface area contributed by atoms with Crippen LogP contribution in [0.25, 0.3) is 0 Å². The van der Waals surface area contributed by atoms with Gasteiger partial charge in [-0.1, -0.05) is 55.4 Å². The normalized spacial score (nSPS) is 8.83. The molecule has 0 aliphatic heterocycles. The Morgan fingerprint density at radius 1 is 0.586 bits per heavy atom. The van der Waals surface area contributed by atoms with Crippen molar-refractivity contribution in [3.8, 4) is 0 Å². The topological polar surface area (TPSA) is 167 Å². The second-order valence-electron chi connectivity index (χ2n) is 6.38. The third kappa shape index (κ3) is 58.4. The zero-order valence-corrected chi connectivity index (χ0v) is 20.0. The molecule has 0 aliphatic rings. The summed E-state index contributed by atoms with van der Waals surface area (Å²) in [5.74, 6) is -2.13. The SMILES string of the molecule is CC(C)[O-].CC(C)[O-].CC(C)[O-].CC(C)[O-].O=C(O)c1ccc(C(=O)O)cc1.[Ti+4]. The van der Waals surface area contributed by atoms with Gasteiger partial charge in [-0.15, -0.1) is 24.4 Å². The van der Waals surface area contributed by atoms with Gasteiger partial charge in [0.2, 0.25) is 0 Å². The van der Waals surface area contributed by atoms with Crippen molar-refractivity contribution in [2.24, 2.45) is 0 Å². The van der Waals surface area contributed by atoms with Crippen LogP contribution in [0, 0.1) is 0 Å². The van der Waals surface area contributed by atoms with Gasteiger partial charge in [0, 0.05) is 0 Å². The van der Waals surface area contributed by atoms with Crippen molar-refractivity contribution in [3.05, 3.63) is 35.4 Å². The molecule has 0 fully saturated rings. The van der Waals surface area contributed by atoms with E-state index in [0.717, 1.165) is 0 Å². The minimum Gasteiger partial charge on any atom is -0.852 e. The Bertz CT molecular complexity index is 418. The Hall–Kier alpha value is -1.29. The molecule has 1 rings (SSSR count). The summed E-state index contributed by atoms with van der Waals surface area (Å²) in [6, 6.07) is 5.02. The zero-order chi connectivity index (χ0) is 23.4. The van der Waals surface area contributed by atoms with E-state index in [2.05, 4.69) is 0 Å².